The predicted octanol–water partition coefficient (Wildman–Crippen LogP) is 1.78. The standard InChI is InChI=1S/C14H11ClF3N3O4/c1-25-12(23)8(20-13(24)14(16,17)18)4-10(22)9-5-19-11-3-2-7(15)6-21(9)11/h2-3,5-6,8H,4H2,1H3,(H,20,24). The lowest BCUT2D eigenvalue weighted by atomic mass is 10.1. The van der Waals surface area contributed by atoms with Crippen LogP contribution in [0.15, 0.2) is 24.5 Å². The molecule has 7 nitrogen and oxygen atoms in total. The number of pyridine rings is 1. The van der Waals surface area contributed by atoms with Crippen LogP contribution in [0.5, 0.6) is 0 Å². The van der Waals surface area contributed by atoms with Gasteiger partial charge in [-0.05, 0) is 12.1 Å². The minimum Gasteiger partial charge on any atom is -0.467 e. The number of ether oxygens (including phenoxy) is 1. The summed E-state index contributed by atoms with van der Waals surface area (Å²) >= 11 is 5.83. The number of alkyl halides is 3. The molecule has 0 saturated carbocycles. The van der Waals surface area contributed by atoms with E-state index in [0.29, 0.717) is 10.7 Å². The number of halogens is 4. The number of rotatable bonds is 5. The Balaban J connectivity index is 2.25. The van der Waals surface area contributed by atoms with Crippen LogP contribution in [0.3, 0.4) is 0 Å². The maximum atomic E-state index is 12.4. The van der Waals surface area contributed by atoms with Gasteiger partial charge in [0.05, 0.1) is 18.3 Å². The number of fused-ring (bicyclic) bond motifs is 1. The highest BCUT2D eigenvalue weighted by molar-refractivity contribution is 6.30. The molecule has 0 aliphatic heterocycles. The third-order valence-electron chi connectivity index (χ3n) is 3.19. The molecule has 0 aliphatic carbocycles. The summed E-state index contributed by atoms with van der Waals surface area (Å²) in [5.41, 5.74) is 0.370. The van der Waals surface area contributed by atoms with E-state index < -0.39 is 36.3 Å². The fourth-order valence-corrected chi connectivity index (χ4v) is 2.19. The van der Waals surface area contributed by atoms with Gasteiger partial charge in [0, 0.05) is 12.6 Å². The molecular formula is C14H11ClF3N3O4. The van der Waals surface area contributed by atoms with Gasteiger partial charge in [0.1, 0.15) is 17.4 Å². The Morgan fingerprint density at radius 3 is 2.64 bits per heavy atom. The SMILES string of the molecule is COC(=O)C(CC(=O)c1cnc2ccc(Cl)cn12)NC(=O)C(F)(F)F. The van der Waals surface area contributed by atoms with Gasteiger partial charge in [-0.25, -0.2) is 9.78 Å². The van der Waals surface area contributed by atoms with Crippen molar-refractivity contribution in [3.05, 3.63) is 35.2 Å². The highest BCUT2D eigenvalue weighted by atomic mass is 35.5. The quantitative estimate of drug-likeness (QED) is 0.633. The van der Waals surface area contributed by atoms with E-state index in [0.717, 1.165) is 7.11 Å². The van der Waals surface area contributed by atoms with Gasteiger partial charge in [-0.15, -0.1) is 0 Å². The molecule has 1 amide bonds. The minimum atomic E-state index is -5.20. The highest BCUT2D eigenvalue weighted by Crippen LogP contribution is 2.17. The second-order valence-electron chi connectivity index (χ2n) is 4.89. The molecule has 0 bridgehead atoms. The molecule has 25 heavy (non-hydrogen) atoms. The molecule has 0 saturated heterocycles. The van der Waals surface area contributed by atoms with Crippen LogP contribution >= 0.6 is 11.6 Å². The summed E-state index contributed by atoms with van der Waals surface area (Å²) in [6.45, 7) is 0. The van der Waals surface area contributed by atoms with E-state index in [-0.39, 0.29) is 5.69 Å². The van der Waals surface area contributed by atoms with Crippen LogP contribution in [0.2, 0.25) is 5.02 Å². The van der Waals surface area contributed by atoms with Crippen molar-refractivity contribution >= 4 is 34.9 Å². The normalized spacial score (nSPS) is 12.7. The highest BCUT2D eigenvalue weighted by Gasteiger charge is 2.41. The number of carbonyl (C=O) groups is 3. The van der Waals surface area contributed by atoms with Crippen molar-refractivity contribution in [1.29, 1.82) is 0 Å². The zero-order valence-electron chi connectivity index (χ0n) is 12.6. The van der Waals surface area contributed by atoms with E-state index >= 15 is 0 Å². The third-order valence-corrected chi connectivity index (χ3v) is 3.42. The smallest absolute Gasteiger partial charge is 0.467 e. The van der Waals surface area contributed by atoms with Crippen molar-refractivity contribution in [3.8, 4) is 0 Å². The average molecular weight is 378 g/mol. The van der Waals surface area contributed by atoms with E-state index in [1.165, 1.54) is 28.2 Å². The second kappa shape index (κ2) is 7.09. The van der Waals surface area contributed by atoms with Gasteiger partial charge in [-0.1, -0.05) is 11.6 Å². The van der Waals surface area contributed by atoms with Crippen LogP contribution in [-0.4, -0.2) is 46.4 Å². The van der Waals surface area contributed by atoms with Crippen molar-refractivity contribution in [2.75, 3.05) is 7.11 Å². The molecular weight excluding hydrogens is 367 g/mol. The van der Waals surface area contributed by atoms with Crippen LogP contribution in [0.4, 0.5) is 13.2 Å². The van der Waals surface area contributed by atoms with Crippen LogP contribution in [0.25, 0.3) is 5.65 Å². The van der Waals surface area contributed by atoms with Crippen LogP contribution in [0, 0.1) is 0 Å². The first-order valence-electron chi connectivity index (χ1n) is 6.75. The van der Waals surface area contributed by atoms with Crippen LogP contribution in [-0.2, 0) is 14.3 Å². The molecule has 0 fully saturated rings. The maximum Gasteiger partial charge on any atom is 0.471 e. The number of aromatic nitrogens is 2. The van der Waals surface area contributed by atoms with Crippen molar-refractivity contribution in [3.63, 3.8) is 0 Å². The number of hydrogen-bond acceptors (Lipinski definition) is 5. The van der Waals surface area contributed by atoms with E-state index in [1.807, 2.05) is 0 Å². The largest absolute Gasteiger partial charge is 0.471 e. The summed E-state index contributed by atoms with van der Waals surface area (Å²) in [4.78, 5) is 38.9. The number of ketones is 1. The molecule has 0 aliphatic rings. The maximum absolute atomic E-state index is 12.4. The van der Waals surface area contributed by atoms with E-state index in [1.54, 1.807) is 6.07 Å². The molecule has 134 valence electrons. The molecule has 2 rings (SSSR count). The number of hydrogen-bond donors (Lipinski definition) is 1. The molecule has 0 radical (unpaired) electrons. The molecule has 1 atom stereocenters. The van der Waals surface area contributed by atoms with Gasteiger partial charge in [-0.2, -0.15) is 13.2 Å². The van der Waals surface area contributed by atoms with Crippen molar-refractivity contribution in [2.24, 2.45) is 0 Å². The number of Topliss-reactive ketones (excluding diaryl/α,β-unsaturated/α-hetero) is 1. The van der Waals surface area contributed by atoms with Crippen molar-refractivity contribution in [2.45, 2.75) is 18.6 Å². The number of carbonyl (C=O) groups excluding carboxylic acids is 3. The number of amides is 1. The summed E-state index contributed by atoms with van der Waals surface area (Å²) in [6, 6.07) is 1.28. The molecule has 11 heteroatoms. The van der Waals surface area contributed by atoms with Gasteiger partial charge >= 0.3 is 18.1 Å². The lowest BCUT2D eigenvalue weighted by Gasteiger charge is -2.16. The second-order valence-corrected chi connectivity index (χ2v) is 5.33. The molecule has 0 aromatic carbocycles. The lowest BCUT2D eigenvalue weighted by molar-refractivity contribution is -0.175. The molecule has 1 N–H and O–H groups in total. The van der Waals surface area contributed by atoms with Crippen molar-refractivity contribution in [1.82, 2.24) is 14.7 Å². The van der Waals surface area contributed by atoms with E-state index in [2.05, 4.69) is 9.72 Å². The number of nitrogens with zero attached hydrogens (tertiary/aromatic N) is 2. The summed E-state index contributed by atoms with van der Waals surface area (Å²) in [5.74, 6) is -4.26. The van der Waals surface area contributed by atoms with Gasteiger partial charge in [-0.3, -0.25) is 14.0 Å². The van der Waals surface area contributed by atoms with Crippen LogP contribution < -0.4 is 5.32 Å². The van der Waals surface area contributed by atoms with Crippen LogP contribution in [0.1, 0.15) is 16.9 Å². The van der Waals surface area contributed by atoms with E-state index in [4.69, 9.17) is 11.6 Å². The van der Waals surface area contributed by atoms with Gasteiger partial charge < -0.3 is 10.1 Å². The molecule has 2 aromatic rings. The van der Waals surface area contributed by atoms with Crippen molar-refractivity contribution < 1.29 is 32.3 Å². The fourth-order valence-electron chi connectivity index (χ4n) is 2.03. The lowest BCUT2D eigenvalue weighted by Crippen LogP contribution is -2.48. The van der Waals surface area contributed by atoms with E-state index in [9.17, 15) is 27.6 Å². The first kappa shape index (κ1) is 18.7. The number of esters is 1. The van der Waals surface area contributed by atoms with Gasteiger partial charge in [0.2, 0.25) is 0 Å². The summed E-state index contributed by atoms with van der Waals surface area (Å²) < 4.78 is 42.7. The molecule has 2 aromatic heterocycles. The zero-order valence-corrected chi connectivity index (χ0v) is 13.4. The monoisotopic (exact) mass is 377 g/mol. The zero-order chi connectivity index (χ0) is 18.8. The average Bonchev–Trinajstić information content (AvgIpc) is 2.95. The first-order valence-corrected chi connectivity index (χ1v) is 7.12. The number of nitrogens with one attached hydrogen (secondary N) is 1. The Hall–Kier alpha value is -2.62. The molecule has 1 unspecified atom stereocenters. The Morgan fingerprint density at radius 1 is 1.36 bits per heavy atom. The Kier molecular flexibility index (Phi) is 5.31. The Labute approximate surface area is 143 Å². The summed E-state index contributed by atoms with van der Waals surface area (Å²) in [7, 11) is 0.924. The molecule has 0 spiro atoms. The van der Waals surface area contributed by atoms with Gasteiger partial charge in [0.25, 0.3) is 0 Å². The fraction of sp³-hybridized carbons (Fsp3) is 0.286. The summed E-state index contributed by atoms with van der Waals surface area (Å²) in [6.07, 6.45) is -3.37. The Morgan fingerprint density at radius 2 is 2.04 bits per heavy atom. The Bertz CT molecular complexity index is 834. The third kappa shape index (κ3) is 4.27. The topological polar surface area (TPSA) is 89.8 Å². The minimum absolute atomic E-state index is 0.00680. The van der Waals surface area contributed by atoms with Gasteiger partial charge in [0.15, 0.2) is 5.78 Å². The number of methoxy groups -OCH3 is 1. The summed E-state index contributed by atoms with van der Waals surface area (Å²) in [5, 5.41) is 1.75. The molecule has 2 heterocycles. The predicted molar refractivity (Wildman–Crippen MR) is 79.2 cm³/mol. The number of imidazole rings is 1. The first-order chi connectivity index (χ1) is 11.6.